The van der Waals surface area contributed by atoms with Crippen LogP contribution in [0.2, 0.25) is 0 Å². The largest absolute Gasteiger partial charge is 0.376 e. The third-order valence-electron chi connectivity index (χ3n) is 4.86. The standard InChI is InChI=1S/C19H25N5O2S2/c25-17(21-15-7-1-2-8-16(15)24-9-3-4-10-24)13-27-19-23-22-18(28-19)20-12-14-6-5-11-26-14/h1-2,7-8,14H,3-6,9-13H2,(H,20,22)(H,21,25)/t14-/m0/s1. The van der Waals surface area contributed by atoms with Gasteiger partial charge in [0.15, 0.2) is 4.34 Å². The van der Waals surface area contributed by atoms with E-state index < -0.39 is 0 Å². The zero-order valence-corrected chi connectivity index (χ0v) is 17.4. The number of nitrogens with one attached hydrogen (secondary N) is 2. The van der Waals surface area contributed by atoms with Crippen LogP contribution in [0, 0.1) is 0 Å². The van der Waals surface area contributed by atoms with Gasteiger partial charge in [0, 0.05) is 26.2 Å². The van der Waals surface area contributed by atoms with E-state index in [4.69, 9.17) is 4.74 Å². The van der Waals surface area contributed by atoms with E-state index in [0.29, 0.717) is 5.75 Å². The number of thioether (sulfide) groups is 1. The number of para-hydroxylation sites is 2. The Hall–Kier alpha value is -1.84. The van der Waals surface area contributed by atoms with Crippen molar-refractivity contribution in [3.05, 3.63) is 24.3 Å². The number of rotatable bonds is 8. The zero-order chi connectivity index (χ0) is 19.2. The zero-order valence-electron chi connectivity index (χ0n) is 15.7. The number of carbonyl (C=O) groups excluding carboxylic acids is 1. The van der Waals surface area contributed by atoms with Crippen LogP contribution < -0.4 is 15.5 Å². The highest BCUT2D eigenvalue weighted by atomic mass is 32.2. The second-order valence-corrected chi connectivity index (χ2v) is 9.14. The van der Waals surface area contributed by atoms with Gasteiger partial charge in [0.25, 0.3) is 0 Å². The molecule has 2 aromatic rings. The summed E-state index contributed by atoms with van der Waals surface area (Å²) in [6, 6.07) is 8.02. The number of benzene rings is 1. The number of amides is 1. The Morgan fingerprint density at radius 2 is 2.11 bits per heavy atom. The first-order chi connectivity index (χ1) is 13.8. The van der Waals surface area contributed by atoms with Gasteiger partial charge in [0.2, 0.25) is 11.0 Å². The first-order valence-corrected chi connectivity index (χ1v) is 11.5. The van der Waals surface area contributed by atoms with Crippen molar-refractivity contribution in [3.63, 3.8) is 0 Å². The van der Waals surface area contributed by atoms with Gasteiger partial charge in [0.1, 0.15) is 0 Å². The minimum Gasteiger partial charge on any atom is -0.376 e. The molecule has 2 fully saturated rings. The highest BCUT2D eigenvalue weighted by Crippen LogP contribution is 2.30. The fourth-order valence-corrected chi connectivity index (χ4v) is 5.03. The highest BCUT2D eigenvalue weighted by Gasteiger charge is 2.18. The van der Waals surface area contributed by atoms with E-state index in [-0.39, 0.29) is 12.0 Å². The molecule has 1 aromatic carbocycles. The monoisotopic (exact) mass is 419 g/mol. The Labute approximate surface area is 173 Å². The molecule has 2 aliphatic rings. The van der Waals surface area contributed by atoms with Crippen molar-refractivity contribution in [3.8, 4) is 0 Å². The van der Waals surface area contributed by atoms with Crippen molar-refractivity contribution >= 4 is 45.5 Å². The topological polar surface area (TPSA) is 79.4 Å². The number of aromatic nitrogens is 2. The maximum Gasteiger partial charge on any atom is 0.234 e. The van der Waals surface area contributed by atoms with Crippen LogP contribution >= 0.6 is 23.1 Å². The van der Waals surface area contributed by atoms with Crippen LogP contribution in [-0.4, -0.2) is 54.2 Å². The van der Waals surface area contributed by atoms with Gasteiger partial charge in [-0.15, -0.1) is 10.2 Å². The smallest absolute Gasteiger partial charge is 0.234 e. The summed E-state index contributed by atoms with van der Waals surface area (Å²) in [5, 5.41) is 15.4. The maximum absolute atomic E-state index is 12.4. The molecule has 2 aliphatic heterocycles. The third-order valence-corrected chi connectivity index (χ3v) is 6.88. The van der Waals surface area contributed by atoms with Gasteiger partial charge in [-0.1, -0.05) is 35.2 Å². The molecular formula is C19H25N5O2S2. The van der Waals surface area contributed by atoms with Gasteiger partial charge in [-0.2, -0.15) is 0 Å². The molecule has 0 bridgehead atoms. The molecule has 150 valence electrons. The normalized spacial score (nSPS) is 19.1. The van der Waals surface area contributed by atoms with Crippen molar-refractivity contribution < 1.29 is 9.53 Å². The van der Waals surface area contributed by atoms with Crippen LogP contribution in [0.15, 0.2) is 28.6 Å². The number of hydrogen-bond acceptors (Lipinski definition) is 8. The molecular weight excluding hydrogens is 394 g/mol. The second kappa shape index (κ2) is 9.58. The molecule has 7 nitrogen and oxygen atoms in total. The fraction of sp³-hybridized carbons (Fsp3) is 0.526. The predicted molar refractivity (Wildman–Crippen MR) is 115 cm³/mol. The average molecular weight is 420 g/mol. The van der Waals surface area contributed by atoms with Gasteiger partial charge in [-0.25, -0.2) is 0 Å². The molecule has 0 unspecified atom stereocenters. The lowest BCUT2D eigenvalue weighted by atomic mass is 10.2. The molecule has 1 aromatic heterocycles. The number of ether oxygens (including phenoxy) is 1. The Kier molecular flexibility index (Phi) is 6.66. The molecule has 3 heterocycles. The molecule has 0 spiro atoms. The van der Waals surface area contributed by atoms with E-state index in [0.717, 1.165) is 59.9 Å². The molecule has 2 N–H and O–H groups in total. The molecule has 0 aliphatic carbocycles. The quantitative estimate of drug-likeness (QED) is 0.634. The van der Waals surface area contributed by atoms with Crippen molar-refractivity contribution in [2.24, 2.45) is 0 Å². The second-order valence-electron chi connectivity index (χ2n) is 6.94. The first kappa shape index (κ1) is 19.5. The molecule has 1 amide bonds. The van der Waals surface area contributed by atoms with Crippen molar-refractivity contribution in [1.29, 1.82) is 0 Å². The van der Waals surface area contributed by atoms with Crippen molar-refractivity contribution in [2.45, 2.75) is 36.1 Å². The van der Waals surface area contributed by atoms with E-state index in [1.165, 1.54) is 35.9 Å². The summed E-state index contributed by atoms with van der Waals surface area (Å²) in [7, 11) is 0. The maximum atomic E-state index is 12.4. The Balaban J connectivity index is 1.26. The number of hydrogen-bond donors (Lipinski definition) is 2. The Morgan fingerprint density at radius 3 is 2.93 bits per heavy atom. The van der Waals surface area contributed by atoms with Gasteiger partial charge in [-0.05, 0) is 37.8 Å². The van der Waals surface area contributed by atoms with E-state index in [2.05, 4.69) is 31.8 Å². The first-order valence-electron chi connectivity index (χ1n) is 9.73. The van der Waals surface area contributed by atoms with Gasteiger partial charge >= 0.3 is 0 Å². The van der Waals surface area contributed by atoms with Crippen LogP contribution in [0.4, 0.5) is 16.5 Å². The van der Waals surface area contributed by atoms with Gasteiger partial charge < -0.3 is 20.3 Å². The van der Waals surface area contributed by atoms with Gasteiger partial charge in [0.05, 0.1) is 23.2 Å². The minimum atomic E-state index is -0.0271. The van der Waals surface area contributed by atoms with E-state index in [1.54, 1.807) is 0 Å². The minimum absolute atomic E-state index is 0.0271. The summed E-state index contributed by atoms with van der Waals surface area (Å²) in [4.78, 5) is 14.8. The van der Waals surface area contributed by atoms with Crippen LogP contribution in [0.3, 0.4) is 0 Å². The number of anilines is 3. The number of nitrogens with zero attached hydrogens (tertiary/aromatic N) is 3. The number of carbonyl (C=O) groups is 1. The third kappa shape index (κ3) is 5.15. The lowest BCUT2D eigenvalue weighted by Crippen LogP contribution is -2.21. The highest BCUT2D eigenvalue weighted by molar-refractivity contribution is 8.01. The summed E-state index contributed by atoms with van der Waals surface area (Å²) in [6.45, 7) is 3.70. The van der Waals surface area contributed by atoms with Crippen LogP contribution in [0.1, 0.15) is 25.7 Å². The molecule has 9 heteroatoms. The van der Waals surface area contributed by atoms with E-state index in [1.807, 2.05) is 18.2 Å². The Morgan fingerprint density at radius 1 is 1.25 bits per heavy atom. The van der Waals surface area contributed by atoms with Crippen LogP contribution in [0.5, 0.6) is 0 Å². The molecule has 0 saturated carbocycles. The van der Waals surface area contributed by atoms with Crippen molar-refractivity contribution in [1.82, 2.24) is 10.2 Å². The lowest BCUT2D eigenvalue weighted by molar-refractivity contribution is -0.113. The fourth-order valence-electron chi connectivity index (χ4n) is 3.47. The molecule has 28 heavy (non-hydrogen) atoms. The SMILES string of the molecule is O=C(CSc1nnc(NC[C@@H]2CCCO2)s1)Nc1ccccc1N1CCCC1. The molecule has 1 atom stereocenters. The molecule has 0 radical (unpaired) electrons. The summed E-state index contributed by atoms with van der Waals surface area (Å²) in [5.41, 5.74) is 1.99. The van der Waals surface area contributed by atoms with E-state index in [9.17, 15) is 4.79 Å². The molecule has 4 rings (SSSR count). The average Bonchev–Trinajstić information content (AvgIpc) is 3.48. The lowest BCUT2D eigenvalue weighted by Gasteiger charge is -2.21. The van der Waals surface area contributed by atoms with E-state index >= 15 is 0 Å². The van der Waals surface area contributed by atoms with Crippen molar-refractivity contribution in [2.75, 3.05) is 47.5 Å². The van der Waals surface area contributed by atoms with Crippen LogP contribution in [0.25, 0.3) is 0 Å². The summed E-state index contributed by atoms with van der Waals surface area (Å²) in [6.07, 6.45) is 4.89. The van der Waals surface area contributed by atoms with Crippen LogP contribution in [-0.2, 0) is 9.53 Å². The Bertz CT molecular complexity index is 788. The summed E-state index contributed by atoms with van der Waals surface area (Å²) >= 11 is 2.89. The predicted octanol–water partition coefficient (Wildman–Crippen LogP) is 3.46. The summed E-state index contributed by atoms with van der Waals surface area (Å²) in [5.74, 6) is 0.287. The summed E-state index contributed by atoms with van der Waals surface area (Å²) < 4.78 is 6.39. The molecule has 2 saturated heterocycles. The van der Waals surface area contributed by atoms with Gasteiger partial charge in [-0.3, -0.25) is 4.79 Å².